The summed E-state index contributed by atoms with van der Waals surface area (Å²) in [6.07, 6.45) is 5.30. The van der Waals surface area contributed by atoms with Crippen molar-refractivity contribution in [2.45, 2.75) is 37.5 Å². The molecule has 0 spiro atoms. The minimum absolute atomic E-state index is 0.194. The smallest absolute Gasteiger partial charge is 0.246 e. The Labute approximate surface area is 134 Å². The summed E-state index contributed by atoms with van der Waals surface area (Å²) in [5.74, 6) is 0.194. The van der Waals surface area contributed by atoms with Gasteiger partial charge in [-0.05, 0) is 26.7 Å². The molecule has 1 saturated heterocycles. The van der Waals surface area contributed by atoms with Gasteiger partial charge in [-0.1, -0.05) is 0 Å². The molecule has 1 unspecified atom stereocenters. The van der Waals surface area contributed by atoms with Gasteiger partial charge in [-0.3, -0.25) is 4.68 Å². The summed E-state index contributed by atoms with van der Waals surface area (Å²) in [7, 11) is -1.74. The van der Waals surface area contributed by atoms with E-state index in [2.05, 4.69) is 10.1 Å². The summed E-state index contributed by atoms with van der Waals surface area (Å²) < 4.78 is 28.9. The summed E-state index contributed by atoms with van der Waals surface area (Å²) in [5.41, 5.74) is 0.551. The van der Waals surface area contributed by atoms with Crippen LogP contribution in [0, 0.1) is 13.8 Å². The molecule has 0 saturated carbocycles. The minimum atomic E-state index is -3.48. The van der Waals surface area contributed by atoms with Gasteiger partial charge < -0.3 is 0 Å². The first-order chi connectivity index (χ1) is 10.4. The maximum absolute atomic E-state index is 12.9. The van der Waals surface area contributed by atoms with Crippen molar-refractivity contribution in [3.05, 3.63) is 28.0 Å². The average Bonchev–Trinajstić information content (AvgIpc) is 3.05. The highest BCUT2D eigenvalue weighted by molar-refractivity contribution is 7.89. The van der Waals surface area contributed by atoms with Crippen LogP contribution in [-0.4, -0.2) is 40.6 Å². The van der Waals surface area contributed by atoms with Crippen LogP contribution in [0.1, 0.15) is 34.3 Å². The Morgan fingerprint density at radius 1 is 1.36 bits per heavy atom. The Balaban J connectivity index is 1.86. The maximum Gasteiger partial charge on any atom is 0.246 e. The quantitative estimate of drug-likeness (QED) is 0.858. The number of piperidine rings is 1. The standard InChI is InChI=1S/C14H20N4O2S2/c1-10-7-15-14(21-10)12-5-4-6-18(8-12)22(19,20)13-9-17(3)16-11(13)2/h7,9,12H,4-6,8H2,1-3H3. The third-order valence-corrected chi connectivity index (χ3v) is 7.00. The number of nitrogens with zero attached hydrogens (tertiary/aromatic N) is 4. The molecule has 2 aromatic heterocycles. The van der Waals surface area contributed by atoms with Crippen molar-refractivity contribution < 1.29 is 8.42 Å². The van der Waals surface area contributed by atoms with E-state index >= 15 is 0 Å². The number of sulfonamides is 1. The minimum Gasteiger partial charge on any atom is -0.274 e. The van der Waals surface area contributed by atoms with Gasteiger partial charge in [-0.25, -0.2) is 13.4 Å². The molecule has 0 aliphatic carbocycles. The van der Waals surface area contributed by atoms with E-state index in [0.29, 0.717) is 23.7 Å². The molecular weight excluding hydrogens is 320 g/mol. The van der Waals surface area contributed by atoms with Crippen molar-refractivity contribution in [1.82, 2.24) is 19.1 Å². The lowest BCUT2D eigenvalue weighted by atomic mass is 10.0. The van der Waals surface area contributed by atoms with Gasteiger partial charge >= 0.3 is 0 Å². The fraction of sp³-hybridized carbons (Fsp3) is 0.571. The van der Waals surface area contributed by atoms with Crippen LogP contribution in [0.25, 0.3) is 0 Å². The lowest BCUT2D eigenvalue weighted by Crippen LogP contribution is -2.39. The van der Waals surface area contributed by atoms with Gasteiger partial charge in [0.1, 0.15) is 4.90 Å². The highest BCUT2D eigenvalue weighted by atomic mass is 32.2. The Bertz CT molecular complexity index is 779. The SMILES string of the molecule is Cc1cnc(C2CCCN(S(=O)(=O)c3cn(C)nc3C)C2)s1. The summed E-state index contributed by atoms with van der Waals surface area (Å²) in [6, 6.07) is 0. The molecule has 2 aromatic rings. The molecule has 0 bridgehead atoms. The van der Waals surface area contributed by atoms with Crippen LogP contribution in [0.15, 0.2) is 17.3 Å². The van der Waals surface area contributed by atoms with Gasteiger partial charge in [0.05, 0.1) is 10.7 Å². The number of hydrogen-bond donors (Lipinski definition) is 0. The number of aryl methyl sites for hydroxylation is 3. The lowest BCUT2D eigenvalue weighted by Gasteiger charge is -2.30. The molecule has 8 heteroatoms. The highest BCUT2D eigenvalue weighted by Crippen LogP contribution is 2.32. The summed E-state index contributed by atoms with van der Waals surface area (Å²) >= 11 is 1.66. The second kappa shape index (κ2) is 5.75. The molecule has 6 nitrogen and oxygen atoms in total. The fourth-order valence-electron chi connectivity index (χ4n) is 2.89. The van der Waals surface area contributed by atoms with Gasteiger partial charge in [-0.2, -0.15) is 9.40 Å². The molecule has 1 atom stereocenters. The fourth-order valence-corrected chi connectivity index (χ4v) is 5.52. The van der Waals surface area contributed by atoms with Crippen molar-refractivity contribution in [2.24, 2.45) is 7.05 Å². The van der Waals surface area contributed by atoms with Crippen molar-refractivity contribution in [3.63, 3.8) is 0 Å². The molecule has 3 rings (SSSR count). The first-order valence-corrected chi connectivity index (χ1v) is 9.56. The van der Waals surface area contributed by atoms with Crippen molar-refractivity contribution in [3.8, 4) is 0 Å². The molecule has 0 aromatic carbocycles. The third-order valence-electron chi connectivity index (χ3n) is 3.96. The van der Waals surface area contributed by atoms with Gasteiger partial charge in [0.25, 0.3) is 0 Å². The third kappa shape index (κ3) is 2.82. The van der Waals surface area contributed by atoms with Gasteiger partial charge in [0, 0.05) is 43.3 Å². The van der Waals surface area contributed by atoms with Crippen LogP contribution in [0.4, 0.5) is 0 Å². The van der Waals surface area contributed by atoms with E-state index in [4.69, 9.17) is 0 Å². The van der Waals surface area contributed by atoms with E-state index in [0.717, 1.165) is 22.7 Å². The van der Waals surface area contributed by atoms with Gasteiger partial charge in [0.15, 0.2) is 0 Å². The van der Waals surface area contributed by atoms with Crippen LogP contribution in [-0.2, 0) is 17.1 Å². The second-order valence-corrected chi connectivity index (χ2v) is 8.94. The van der Waals surface area contributed by atoms with Crippen LogP contribution < -0.4 is 0 Å². The van der Waals surface area contributed by atoms with Crippen molar-refractivity contribution in [2.75, 3.05) is 13.1 Å². The summed E-state index contributed by atoms with van der Waals surface area (Å²) in [6.45, 7) is 4.83. The van der Waals surface area contributed by atoms with Gasteiger partial charge in [-0.15, -0.1) is 11.3 Å². The van der Waals surface area contributed by atoms with E-state index in [9.17, 15) is 8.42 Å². The summed E-state index contributed by atoms with van der Waals surface area (Å²) in [5, 5.41) is 5.20. The number of rotatable bonds is 3. The predicted molar refractivity (Wildman–Crippen MR) is 85.5 cm³/mol. The second-order valence-electron chi connectivity index (χ2n) is 5.76. The number of aromatic nitrogens is 3. The van der Waals surface area contributed by atoms with E-state index in [1.807, 2.05) is 13.1 Å². The first kappa shape index (κ1) is 15.6. The van der Waals surface area contributed by atoms with Crippen LogP contribution in [0.5, 0.6) is 0 Å². The topological polar surface area (TPSA) is 68.1 Å². The molecule has 1 fully saturated rings. The zero-order chi connectivity index (χ0) is 15.9. The Kier molecular flexibility index (Phi) is 4.09. The van der Waals surface area contributed by atoms with E-state index in [-0.39, 0.29) is 5.92 Å². The van der Waals surface area contributed by atoms with Crippen LogP contribution >= 0.6 is 11.3 Å². The zero-order valence-corrected chi connectivity index (χ0v) is 14.6. The monoisotopic (exact) mass is 340 g/mol. The molecule has 22 heavy (non-hydrogen) atoms. The Morgan fingerprint density at radius 3 is 2.73 bits per heavy atom. The Morgan fingerprint density at radius 2 is 2.14 bits per heavy atom. The maximum atomic E-state index is 12.9. The van der Waals surface area contributed by atoms with E-state index in [1.165, 1.54) is 0 Å². The van der Waals surface area contributed by atoms with Gasteiger partial charge in [0.2, 0.25) is 10.0 Å². The lowest BCUT2D eigenvalue weighted by molar-refractivity contribution is 0.315. The predicted octanol–water partition coefficient (Wildman–Crippen LogP) is 2.06. The molecule has 1 aliphatic rings. The zero-order valence-electron chi connectivity index (χ0n) is 13.0. The summed E-state index contributed by atoms with van der Waals surface area (Å²) in [4.78, 5) is 5.91. The number of hydrogen-bond acceptors (Lipinski definition) is 5. The van der Waals surface area contributed by atoms with Crippen molar-refractivity contribution in [1.29, 1.82) is 0 Å². The molecule has 0 amide bonds. The van der Waals surface area contributed by atoms with E-state index in [1.54, 1.807) is 40.5 Å². The van der Waals surface area contributed by atoms with Crippen molar-refractivity contribution >= 4 is 21.4 Å². The molecule has 0 N–H and O–H groups in total. The highest BCUT2D eigenvalue weighted by Gasteiger charge is 2.33. The van der Waals surface area contributed by atoms with Crippen LogP contribution in [0.2, 0.25) is 0 Å². The molecule has 1 aliphatic heterocycles. The largest absolute Gasteiger partial charge is 0.274 e. The normalized spacial score (nSPS) is 20.4. The molecule has 0 radical (unpaired) electrons. The molecule has 120 valence electrons. The number of thiazole rings is 1. The van der Waals surface area contributed by atoms with Crippen LogP contribution in [0.3, 0.4) is 0 Å². The molecular formula is C14H20N4O2S2. The molecule has 3 heterocycles. The van der Waals surface area contributed by atoms with E-state index < -0.39 is 10.0 Å². The first-order valence-electron chi connectivity index (χ1n) is 7.30. The average molecular weight is 340 g/mol. The Hall–Kier alpha value is -1.25.